The smallest absolute Gasteiger partial charge is 0.225 e. The number of piperazine rings is 1. The van der Waals surface area contributed by atoms with E-state index in [1.807, 2.05) is 30.3 Å². The summed E-state index contributed by atoms with van der Waals surface area (Å²) < 4.78 is 13.2. The molecule has 0 aliphatic carbocycles. The maximum absolute atomic E-state index is 13.2. The molecule has 2 aromatic heterocycles. The monoisotopic (exact) mass is 424 g/mol. The SMILES string of the molecule is Fc1ccc(N2CCN(c3nc(Cl)nc4scc(-c5ccccc5)c34)CC2)cc1. The predicted octanol–water partition coefficient (Wildman–Crippen LogP) is 5.48. The van der Waals surface area contributed by atoms with Gasteiger partial charge in [0.15, 0.2) is 0 Å². The number of nitrogens with zero attached hydrogens (tertiary/aromatic N) is 4. The van der Waals surface area contributed by atoms with E-state index >= 15 is 0 Å². The Balaban J connectivity index is 1.47. The van der Waals surface area contributed by atoms with Crippen molar-refractivity contribution >= 4 is 44.7 Å². The minimum absolute atomic E-state index is 0.212. The molecule has 0 saturated carbocycles. The molecule has 0 spiro atoms. The highest BCUT2D eigenvalue weighted by Gasteiger charge is 2.23. The van der Waals surface area contributed by atoms with Crippen LogP contribution in [0, 0.1) is 5.82 Å². The molecule has 0 radical (unpaired) electrons. The summed E-state index contributed by atoms with van der Waals surface area (Å²) in [5, 5.41) is 3.46. The zero-order valence-corrected chi connectivity index (χ0v) is 17.1. The van der Waals surface area contributed by atoms with Gasteiger partial charge in [0.05, 0.1) is 5.39 Å². The van der Waals surface area contributed by atoms with Gasteiger partial charge in [-0.15, -0.1) is 11.3 Å². The van der Waals surface area contributed by atoms with Gasteiger partial charge in [-0.3, -0.25) is 0 Å². The topological polar surface area (TPSA) is 32.3 Å². The molecule has 7 heteroatoms. The van der Waals surface area contributed by atoms with Crippen LogP contribution in [0.25, 0.3) is 21.3 Å². The molecular formula is C22H18ClFN4S. The van der Waals surface area contributed by atoms with Gasteiger partial charge in [-0.25, -0.2) is 9.37 Å². The molecule has 3 heterocycles. The molecule has 0 atom stereocenters. The number of thiophene rings is 1. The van der Waals surface area contributed by atoms with Crippen LogP contribution in [0.1, 0.15) is 0 Å². The minimum Gasteiger partial charge on any atom is -0.368 e. The van der Waals surface area contributed by atoms with Crippen molar-refractivity contribution in [2.45, 2.75) is 0 Å². The Kier molecular flexibility index (Phi) is 4.81. The minimum atomic E-state index is -0.212. The summed E-state index contributed by atoms with van der Waals surface area (Å²) >= 11 is 7.84. The van der Waals surface area contributed by atoms with Crippen LogP contribution in [0.5, 0.6) is 0 Å². The maximum atomic E-state index is 13.2. The molecule has 0 unspecified atom stereocenters. The van der Waals surface area contributed by atoms with Gasteiger partial charge in [0.25, 0.3) is 0 Å². The third kappa shape index (κ3) is 3.54. The lowest BCUT2D eigenvalue weighted by Gasteiger charge is -2.37. The zero-order chi connectivity index (χ0) is 19.8. The fourth-order valence-electron chi connectivity index (χ4n) is 3.79. The van der Waals surface area contributed by atoms with Gasteiger partial charge in [0.2, 0.25) is 5.28 Å². The van der Waals surface area contributed by atoms with Crippen LogP contribution in [-0.4, -0.2) is 36.1 Å². The molecule has 1 saturated heterocycles. The van der Waals surface area contributed by atoms with E-state index in [9.17, 15) is 4.39 Å². The lowest BCUT2D eigenvalue weighted by atomic mass is 10.1. The van der Waals surface area contributed by atoms with E-state index < -0.39 is 0 Å². The average Bonchev–Trinajstić information content (AvgIpc) is 3.18. The summed E-state index contributed by atoms with van der Waals surface area (Å²) in [5.41, 5.74) is 3.33. The molecule has 1 fully saturated rings. The van der Waals surface area contributed by atoms with Crippen LogP contribution >= 0.6 is 22.9 Å². The summed E-state index contributed by atoms with van der Waals surface area (Å²) in [6, 6.07) is 17.0. The average molecular weight is 425 g/mol. The fraction of sp³-hybridized carbons (Fsp3) is 0.182. The Morgan fingerprint density at radius 3 is 2.28 bits per heavy atom. The number of halogens is 2. The van der Waals surface area contributed by atoms with E-state index in [4.69, 9.17) is 11.6 Å². The largest absolute Gasteiger partial charge is 0.368 e. The molecule has 0 bridgehead atoms. The highest BCUT2D eigenvalue weighted by atomic mass is 35.5. The molecule has 4 nitrogen and oxygen atoms in total. The Bertz CT molecular complexity index is 1140. The lowest BCUT2D eigenvalue weighted by Crippen LogP contribution is -2.47. The van der Waals surface area contributed by atoms with Gasteiger partial charge in [-0.1, -0.05) is 30.3 Å². The van der Waals surface area contributed by atoms with Gasteiger partial charge in [0.1, 0.15) is 16.5 Å². The molecular weight excluding hydrogens is 407 g/mol. The lowest BCUT2D eigenvalue weighted by molar-refractivity contribution is 0.624. The molecule has 0 N–H and O–H groups in total. The number of fused-ring (bicyclic) bond motifs is 1. The van der Waals surface area contributed by atoms with E-state index in [1.165, 1.54) is 12.1 Å². The second-order valence-corrected chi connectivity index (χ2v) is 8.16. The van der Waals surface area contributed by atoms with E-state index in [1.54, 1.807) is 11.3 Å². The molecule has 1 aliphatic heterocycles. The van der Waals surface area contributed by atoms with Crippen LogP contribution in [0.2, 0.25) is 5.28 Å². The van der Waals surface area contributed by atoms with Crippen molar-refractivity contribution in [1.82, 2.24) is 9.97 Å². The Labute approximate surface area is 177 Å². The Hall–Kier alpha value is -2.70. The van der Waals surface area contributed by atoms with Crippen molar-refractivity contribution in [3.63, 3.8) is 0 Å². The van der Waals surface area contributed by atoms with Gasteiger partial charge in [-0.05, 0) is 41.4 Å². The van der Waals surface area contributed by atoms with Crippen LogP contribution in [0.3, 0.4) is 0 Å². The second-order valence-electron chi connectivity index (χ2n) is 6.96. The molecule has 5 rings (SSSR count). The molecule has 29 heavy (non-hydrogen) atoms. The summed E-state index contributed by atoms with van der Waals surface area (Å²) in [6.45, 7) is 3.28. The Morgan fingerprint density at radius 2 is 1.55 bits per heavy atom. The highest BCUT2D eigenvalue weighted by Crippen LogP contribution is 2.39. The quantitative estimate of drug-likeness (QED) is 0.408. The van der Waals surface area contributed by atoms with Crippen molar-refractivity contribution in [2.24, 2.45) is 0 Å². The number of hydrogen-bond acceptors (Lipinski definition) is 5. The molecule has 4 aromatic rings. The first-order chi connectivity index (χ1) is 14.2. The summed E-state index contributed by atoms with van der Waals surface area (Å²) in [4.78, 5) is 14.5. The van der Waals surface area contributed by atoms with Crippen molar-refractivity contribution in [3.8, 4) is 11.1 Å². The van der Waals surface area contributed by atoms with Gasteiger partial charge < -0.3 is 9.80 Å². The summed E-state index contributed by atoms with van der Waals surface area (Å²) in [7, 11) is 0. The molecule has 0 amide bonds. The van der Waals surface area contributed by atoms with Gasteiger partial charge >= 0.3 is 0 Å². The molecule has 2 aromatic carbocycles. The van der Waals surface area contributed by atoms with Crippen LogP contribution in [0.4, 0.5) is 15.9 Å². The van der Waals surface area contributed by atoms with E-state index in [0.29, 0.717) is 0 Å². The number of rotatable bonds is 3. The van der Waals surface area contributed by atoms with Crippen molar-refractivity contribution in [1.29, 1.82) is 0 Å². The highest BCUT2D eigenvalue weighted by molar-refractivity contribution is 7.17. The van der Waals surface area contributed by atoms with E-state index in [0.717, 1.165) is 59.0 Å². The van der Waals surface area contributed by atoms with Crippen molar-refractivity contribution in [2.75, 3.05) is 36.0 Å². The zero-order valence-electron chi connectivity index (χ0n) is 15.6. The second kappa shape index (κ2) is 7.61. The van der Waals surface area contributed by atoms with Crippen molar-refractivity contribution < 1.29 is 4.39 Å². The Morgan fingerprint density at radius 1 is 0.862 bits per heavy atom. The van der Waals surface area contributed by atoms with Crippen LogP contribution < -0.4 is 9.80 Å². The first-order valence-corrected chi connectivity index (χ1v) is 10.7. The molecule has 1 aliphatic rings. The van der Waals surface area contributed by atoms with Gasteiger partial charge in [-0.2, -0.15) is 4.98 Å². The third-order valence-corrected chi connectivity index (χ3v) is 6.28. The fourth-order valence-corrected chi connectivity index (χ4v) is 4.94. The molecule has 146 valence electrons. The predicted molar refractivity (Wildman–Crippen MR) is 119 cm³/mol. The van der Waals surface area contributed by atoms with Crippen LogP contribution in [0.15, 0.2) is 60.0 Å². The first kappa shape index (κ1) is 18.3. The van der Waals surface area contributed by atoms with E-state index in [2.05, 4.69) is 37.3 Å². The van der Waals surface area contributed by atoms with Gasteiger partial charge in [0, 0.05) is 42.8 Å². The van der Waals surface area contributed by atoms with E-state index in [-0.39, 0.29) is 11.1 Å². The summed E-state index contributed by atoms with van der Waals surface area (Å²) in [5.74, 6) is 0.676. The normalized spacial score (nSPS) is 14.6. The first-order valence-electron chi connectivity index (χ1n) is 9.45. The maximum Gasteiger partial charge on any atom is 0.225 e. The third-order valence-electron chi connectivity index (χ3n) is 5.24. The summed E-state index contributed by atoms with van der Waals surface area (Å²) in [6.07, 6.45) is 0. The standard InChI is InChI=1S/C22H18ClFN4S/c23-22-25-20(19-18(14-29-21(19)26-22)15-4-2-1-3-5-15)28-12-10-27(11-13-28)17-8-6-16(24)7-9-17/h1-9,14H,10-13H2. The number of anilines is 2. The number of benzene rings is 2. The number of aromatic nitrogens is 2. The number of hydrogen-bond donors (Lipinski definition) is 0. The van der Waals surface area contributed by atoms with Crippen molar-refractivity contribution in [3.05, 3.63) is 71.1 Å². The van der Waals surface area contributed by atoms with Crippen LogP contribution in [-0.2, 0) is 0 Å².